The Kier molecular flexibility index (Phi) is 3.38. The highest BCUT2D eigenvalue weighted by atomic mass is 16.5. The number of benzene rings is 1. The van der Waals surface area contributed by atoms with E-state index < -0.39 is 0 Å². The summed E-state index contributed by atoms with van der Waals surface area (Å²) in [5.41, 5.74) is 0.909. The molecule has 1 aromatic carbocycles. The first-order valence-electron chi connectivity index (χ1n) is 4.35. The second-order valence-corrected chi connectivity index (χ2v) is 2.82. The smallest absolute Gasteiger partial charge is 0.119 e. The fraction of sp³-hybridized carbons (Fsp3) is 0.273. The molecule has 0 aromatic heterocycles. The highest BCUT2D eigenvalue weighted by molar-refractivity contribution is 5.57. The zero-order valence-corrected chi connectivity index (χ0v) is 7.79. The van der Waals surface area contributed by atoms with Crippen molar-refractivity contribution in [2.75, 3.05) is 6.61 Å². The van der Waals surface area contributed by atoms with Gasteiger partial charge in [0.15, 0.2) is 0 Å². The van der Waals surface area contributed by atoms with Crippen molar-refractivity contribution in [3.05, 3.63) is 36.4 Å². The molecule has 1 N–H and O–H groups in total. The molecule has 0 atom stereocenters. The van der Waals surface area contributed by atoms with Crippen molar-refractivity contribution < 1.29 is 9.84 Å². The minimum atomic E-state index is 0.257. The summed E-state index contributed by atoms with van der Waals surface area (Å²) in [6.07, 6.45) is 0.969. The van der Waals surface area contributed by atoms with Crippen molar-refractivity contribution in [1.29, 1.82) is 0 Å². The Morgan fingerprint density at radius 2 is 2.00 bits per heavy atom. The lowest BCUT2D eigenvalue weighted by atomic mass is 10.2. The lowest BCUT2D eigenvalue weighted by Gasteiger charge is -2.07. The van der Waals surface area contributed by atoms with Crippen molar-refractivity contribution in [2.45, 2.75) is 13.3 Å². The number of hydrogen-bond acceptors (Lipinski definition) is 2. The van der Waals surface area contributed by atoms with Gasteiger partial charge in [-0.15, -0.1) is 0 Å². The molecule has 0 aliphatic rings. The Morgan fingerprint density at radius 1 is 1.38 bits per heavy atom. The predicted octanol–water partition coefficient (Wildman–Crippen LogP) is 2.79. The Hall–Kier alpha value is -1.44. The van der Waals surface area contributed by atoms with E-state index in [1.807, 2.05) is 6.92 Å². The van der Waals surface area contributed by atoms with Crippen LogP contribution in [0, 0.1) is 0 Å². The van der Waals surface area contributed by atoms with Crippen LogP contribution in [0.4, 0.5) is 0 Å². The molecule has 2 nitrogen and oxygen atoms in total. The lowest BCUT2D eigenvalue weighted by Crippen LogP contribution is -1.91. The molecule has 0 unspecified atom stereocenters. The normalized spacial score (nSPS) is 9.62. The summed E-state index contributed by atoms with van der Waals surface area (Å²) in [4.78, 5) is 0. The van der Waals surface area contributed by atoms with Crippen LogP contribution >= 0.6 is 0 Å². The summed E-state index contributed by atoms with van der Waals surface area (Å²) >= 11 is 0. The zero-order valence-electron chi connectivity index (χ0n) is 7.79. The summed E-state index contributed by atoms with van der Waals surface area (Å²) in [6.45, 7) is 6.51. The van der Waals surface area contributed by atoms with E-state index in [9.17, 15) is 0 Å². The van der Waals surface area contributed by atoms with Crippen molar-refractivity contribution >= 4 is 5.76 Å². The summed E-state index contributed by atoms with van der Waals surface area (Å²) in [6, 6.07) is 6.81. The van der Waals surface area contributed by atoms with Gasteiger partial charge in [0.25, 0.3) is 0 Å². The molecule has 0 amide bonds. The Balaban J connectivity index is 2.61. The third-order valence-electron chi connectivity index (χ3n) is 1.67. The highest BCUT2D eigenvalue weighted by Gasteiger charge is 1.98. The first-order chi connectivity index (χ1) is 6.24. The SMILES string of the molecule is C=C(OCCC)c1ccc(O)cc1. The third kappa shape index (κ3) is 2.82. The number of rotatable bonds is 4. The third-order valence-corrected chi connectivity index (χ3v) is 1.67. The van der Waals surface area contributed by atoms with Crippen LogP contribution in [0.3, 0.4) is 0 Å². The zero-order chi connectivity index (χ0) is 9.68. The fourth-order valence-corrected chi connectivity index (χ4v) is 0.956. The first-order valence-corrected chi connectivity index (χ1v) is 4.35. The largest absolute Gasteiger partial charge is 0.508 e. The predicted molar refractivity (Wildman–Crippen MR) is 53.4 cm³/mol. The van der Waals surface area contributed by atoms with Crippen LogP contribution in [0.1, 0.15) is 18.9 Å². The van der Waals surface area contributed by atoms with Gasteiger partial charge in [-0.1, -0.05) is 13.5 Å². The molecule has 1 rings (SSSR count). The average molecular weight is 178 g/mol. The number of phenolic OH excluding ortho intramolecular Hbond substituents is 1. The Bertz CT molecular complexity index is 275. The molecule has 0 saturated carbocycles. The van der Waals surface area contributed by atoms with E-state index in [1.165, 1.54) is 0 Å². The standard InChI is InChI=1S/C11H14O2/c1-3-8-13-9(2)10-4-6-11(12)7-5-10/h4-7,12H,2-3,8H2,1H3. The summed E-state index contributed by atoms with van der Waals surface area (Å²) in [7, 11) is 0. The van der Waals surface area contributed by atoms with Crippen LogP contribution in [0.2, 0.25) is 0 Å². The minimum Gasteiger partial charge on any atom is -0.508 e. The van der Waals surface area contributed by atoms with E-state index >= 15 is 0 Å². The van der Waals surface area contributed by atoms with Crippen molar-refractivity contribution in [3.8, 4) is 5.75 Å². The maximum Gasteiger partial charge on any atom is 0.119 e. The van der Waals surface area contributed by atoms with E-state index in [4.69, 9.17) is 9.84 Å². The van der Waals surface area contributed by atoms with Gasteiger partial charge in [-0.05, 0) is 30.7 Å². The summed E-state index contributed by atoms with van der Waals surface area (Å²) < 4.78 is 5.34. The van der Waals surface area contributed by atoms with Gasteiger partial charge >= 0.3 is 0 Å². The molecule has 0 aliphatic heterocycles. The van der Waals surface area contributed by atoms with E-state index in [0.29, 0.717) is 12.4 Å². The molecule has 0 heterocycles. The fourth-order valence-electron chi connectivity index (χ4n) is 0.956. The molecule has 70 valence electrons. The second-order valence-electron chi connectivity index (χ2n) is 2.82. The van der Waals surface area contributed by atoms with Gasteiger partial charge in [-0.25, -0.2) is 0 Å². The monoisotopic (exact) mass is 178 g/mol. The lowest BCUT2D eigenvalue weighted by molar-refractivity contribution is 0.278. The first kappa shape index (κ1) is 9.65. The number of ether oxygens (including phenoxy) is 1. The minimum absolute atomic E-state index is 0.257. The quantitative estimate of drug-likeness (QED) is 0.718. The van der Waals surface area contributed by atoms with Crippen LogP contribution in [0.25, 0.3) is 5.76 Å². The van der Waals surface area contributed by atoms with Gasteiger partial charge in [0, 0.05) is 5.56 Å². The maximum atomic E-state index is 9.04. The van der Waals surface area contributed by atoms with Crippen LogP contribution in [0.15, 0.2) is 30.8 Å². The number of aromatic hydroxyl groups is 1. The molecule has 0 aliphatic carbocycles. The van der Waals surface area contributed by atoms with Crippen LogP contribution < -0.4 is 0 Å². The molecular weight excluding hydrogens is 164 g/mol. The van der Waals surface area contributed by atoms with E-state index in [-0.39, 0.29) is 5.75 Å². The number of hydrogen-bond donors (Lipinski definition) is 1. The van der Waals surface area contributed by atoms with Gasteiger partial charge in [0.05, 0.1) is 6.61 Å². The molecule has 0 fully saturated rings. The molecule has 0 radical (unpaired) electrons. The van der Waals surface area contributed by atoms with Gasteiger partial charge in [-0.2, -0.15) is 0 Å². The van der Waals surface area contributed by atoms with Crippen molar-refractivity contribution in [2.24, 2.45) is 0 Å². The van der Waals surface area contributed by atoms with Crippen LogP contribution in [-0.2, 0) is 4.74 Å². The highest BCUT2D eigenvalue weighted by Crippen LogP contribution is 2.17. The maximum absolute atomic E-state index is 9.04. The van der Waals surface area contributed by atoms with Crippen molar-refractivity contribution in [1.82, 2.24) is 0 Å². The van der Waals surface area contributed by atoms with E-state index in [1.54, 1.807) is 24.3 Å². The molecule has 0 spiro atoms. The van der Waals surface area contributed by atoms with Gasteiger partial charge in [0.2, 0.25) is 0 Å². The average Bonchev–Trinajstić information content (AvgIpc) is 2.15. The van der Waals surface area contributed by atoms with Crippen LogP contribution in [-0.4, -0.2) is 11.7 Å². The van der Waals surface area contributed by atoms with Gasteiger partial charge < -0.3 is 9.84 Å². The molecule has 13 heavy (non-hydrogen) atoms. The van der Waals surface area contributed by atoms with E-state index in [0.717, 1.165) is 12.0 Å². The van der Waals surface area contributed by atoms with Gasteiger partial charge in [0.1, 0.15) is 11.5 Å². The molecular formula is C11H14O2. The molecule has 2 heteroatoms. The topological polar surface area (TPSA) is 29.5 Å². The Labute approximate surface area is 78.5 Å². The number of phenols is 1. The van der Waals surface area contributed by atoms with E-state index in [2.05, 4.69) is 6.58 Å². The van der Waals surface area contributed by atoms with Crippen LogP contribution in [0.5, 0.6) is 5.75 Å². The summed E-state index contributed by atoms with van der Waals surface area (Å²) in [5, 5.41) is 9.04. The Morgan fingerprint density at radius 3 is 2.54 bits per heavy atom. The van der Waals surface area contributed by atoms with Gasteiger partial charge in [-0.3, -0.25) is 0 Å². The molecule has 0 saturated heterocycles. The second kappa shape index (κ2) is 4.55. The molecule has 1 aromatic rings. The van der Waals surface area contributed by atoms with Crippen molar-refractivity contribution in [3.63, 3.8) is 0 Å². The molecule has 0 bridgehead atoms. The summed E-state index contributed by atoms with van der Waals surface area (Å²) in [5.74, 6) is 0.911.